The number of hydrogen-bond acceptors (Lipinski definition) is 7. The Bertz CT molecular complexity index is 1330. The summed E-state index contributed by atoms with van der Waals surface area (Å²) in [5.41, 5.74) is -0.651. The highest BCUT2D eigenvalue weighted by Crippen LogP contribution is 2.60. The third-order valence-corrected chi connectivity index (χ3v) is 13.8. The zero-order valence-electron chi connectivity index (χ0n) is 23.6. The highest BCUT2D eigenvalue weighted by molar-refractivity contribution is 6.91. The molecule has 0 bridgehead atoms. The van der Waals surface area contributed by atoms with Gasteiger partial charge >= 0.3 is 0 Å². The standard InChI is InChI=1S/C29H37N3O7Si/c1-18-27(40(4,5)22-11-9-21(38-3)10-12-22)25(16-26(34)31-14-6-7-20(31)17-33)39-29(18)23-15-19(32(36)37)8-13-24(23)30(2)28(29)35/h8-13,15,18,20,25,27,33H,6-7,14,16-17H2,1-5H3/t18-,20+,25+,27-,29+/m1/s1. The number of nitro benzene ring substituents is 1. The molecule has 1 N–H and O–H groups in total. The number of aliphatic hydroxyl groups excluding tert-OH is 1. The van der Waals surface area contributed by atoms with Gasteiger partial charge in [0.25, 0.3) is 11.6 Å². The predicted molar refractivity (Wildman–Crippen MR) is 153 cm³/mol. The van der Waals surface area contributed by atoms with Gasteiger partial charge < -0.3 is 24.4 Å². The van der Waals surface area contributed by atoms with Crippen LogP contribution in [-0.2, 0) is 19.9 Å². The Balaban J connectivity index is 1.61. The van der Waals surface area contributed by atoms with Crippen LogP contribution in [0.5, 0.6) is 5.75 Å². The van der Waals surface area contributed by atoms with Crippen molar-refractivity contribution in [3.05, 3.63) is 58.1 Å². The van der Waals surface area contributed by atoms with E-state index < -0.39 is 24.7 Å². The molecule has 10 nitrogen and oxygen atoms in total. The number of fused-ring (bicyclic) bond motifs is 2. The second-order valence-corrected chi connectivity index (χ2v) is 16.4. The van der Waals surface area contributed by atoms with E-state index in [0.717, 1.165) is 23.8 Å². The summed E-state index contributed by atoms with van der Waals surface area (Å²) in [5, 5.41) is 22.7. The van der Waals surface area contributed by atoms with Crippen molar-refractivity contribution in [3.63, 3.8) is 0 Å². The van der Waals surface area contributed by atoms with Crippen LogP contribution in [0.25, 0.3) is 0 Å². The molecule has 11 heteroatoms. The smallest absolute Gasteiger partial charge is 0.269 e. The minimum atomic E-state index is -2.45. The van der Waals surface area contributed by atoms with Crippen molar-refractivity contribution in [2.45, 2.75) is 62.6 Å². The number of aliphatic hydroxyl groups is 1. The number of anilines is 1. The van der Waals surface area contributed by atoms with Crippen LogP contribution in [0, 0.1) is 16.0 Å². The number of carbonyl (C=O) groups is 2. The molecule has 2 amide bonds. The molecule has 0 saturated carbocycles. The maximum atomic E-state index is 14.1. The SMILES string of the molecule is COc1ccc([Si](C)(C)[C@H]2[C@H](CC(=O)N3CCC[C@H]3CO)O[C@@]3(C(=O)N(C)c4ccc([N+](=O)[O-])cc43)[C@@H]2C)cc1. The van der Waals surface area contributed by atoms with Crippen LogP contribution in [0.1, 0.15) is 31.7 Å². The maximum absolute atomic E-state index is 14.1. The van der Waals surface area contributed by atoms with Crippen LogP contribution in [0.3, 0.4) is 0 Å². The number of methoxy groups -OCH3 is 1. The van der Waals surface area contributed by atoms with Gasteiger partial charge in [0.15, 0.2) is 5.60 Å². The molecule has 0 radical (unpaired) electrons. The van der Waals surface area contributed by atoms with Gasteiger partial charge in [0.2, 0.25) is 5.91 Å². The molecule has 214 valence electrons. The third kappa shape index (κ3) is 4.22. The minimum Gasteiger partial charge on any atom is -0.497 e. The van der Waals surface area contributed by atoms with Gasteiger partial charge in [-0.1, -0.05) is 37.3 Å². The molecule has 2 fully saturated rings. The van der Waals surface area contributed by atoms with Crippen molar-refractivity contribution in [1.29, 1.82) is 0 Å². The van der Waals surface area contributed by atoms with Crippen molar-refractivity contribution in [3.8, 4) is 5.75 Å². The summed E-state index contributed by atoms with van der Waals surface area (Å²) >= 11 is 0. The molecule has 0 unspecified atom stereocenters. The first kappa shape index (κ1) is 28.3. The Morgan fingerprint density at radius 3 is 2.58 bits per heavy atom. The number of rotatable bonds is 7. The summed E-state index contributed by atoms with van der Waals surface area (Å²) in [7, 11) is 0.831. The molecule has 5 atom stereocenters. The highest BCUT2D eigenvalue weighted by atomic mass is 28.3. The number of ether oxygens (including phenoxy) is 2. The minimum absolute atomic E-state index is 0.0705. The predicted octanol–water partition coefficient (Wildman–Crippen LogP) is 3.17. The van der Waals surface area contributed by atoms with Gasteiger partial charge in [0, 0.05) is 37.2 Å². The Kier molecular flexibility index (Phi) is 7.26. The average Bonchev–Trinajstić information content (AvgIpc) is 3.59. The molecular formula is C29H37N3O7Si. The van der Waals surface area contributed by atoms with E-state index >= 15 is 0 Å². The fourth-order valence-corrected chi connectivity index (χ4v) is 11.4. The van der Waals surface area contributed by atoms with Crippen LogP contribution in [0.15, 0.2) is 42.5 Å². The van der Waals surface area contributed by atoms with E-state index in [9.17, 15) is 24.8 Å². The third-order valence-electron chi connectivity index (χ3n) is 9.44. The lowest BCUT2D eigenvalue weighted by Gasteiger charge is -2.37. The van der Waals surface area contributed by atoms with Gasteiger partial charge in [0.1, 0.15) is 5.75 Å². The van der Waals surface area contributed by atoms with Crippen molar-refractivity contribution in [2.75, 3.05) is 32.2 Å². The molecule has 3 aliphatic rings. The average molecular weight is 568 g/mol. The highest BCUT2D eigenvalue weighted by Gasteiger charge is 2.66. The second kappa shape index (κ2) is 10.3. The van der Waals surface area contributed by atoms with Gasteiger partial charge in [0.05, 0.1) is 51.0 Å². The molecule has 2 saturated heterocycles. The molecule has 2 aromatic carbocycles. The zero-order chi connectivity index (χ0) is 29.0. The topological polar surface area (TPSA) is 122 Å². The lowest BCUT2D eigenvalue weighted by atomic mass is 9.82. The number of amides is 2. The van der Waals surface area contributed by atoms with Gasteiger partial charge in [-0.3, -0.25) is 19.7 Å². The molecule has 0 aliphatic carbocycles. The maximum Gasteiger partial charge on any atom is 0.269 e. The van der Waals surface area contributed by atoms with Crippen molar-refractivity contribution < 1.29 is 29.1 Å². The summed E-state index contributed by atoms with van der Waals surface area (Å²) in [4.78, 5) is 42.2. The molecular weight excluding hydrogens is 530 g/mol. The fourth-order valence-electron chi connectivity index (χ4n) is 7.36. The van der Waals surface area contributed by atoms with Gasteiger partial charge in [-0.25, -0.2) is 0 Å². The first-order chi connectivity index (χ1) is 19.0. The molecule has 3 aliphatic heterocycles. The van der Waals surface area contributed by atoms with Gasteiger partial charge in [-0.2, -0.15) is 0 Å². The zero-order valence-corrected chi connectivity index (χ0v) is 24.6. The fraction of sp³-hybridized carbons (Fsp3) is 0.517. The van der Waals surface area contributed by atoms with Gasteiger partial charge in [-0.05, 0) is 36.6 Å². The van der Waals surface area contributed by atoms with E-state index in [-0.39, 0.29) is 48.0 Å². The largest absolute Gasteiger partial charge is 0.497 e. The van der Waals surface area contributed by atoms with Crippen LogP contribution in [-0.4, -0.2) is 74.3 Å². The summed E-state index contributed by atoms with van der Waals surface area (Å²) < 4.78 is 12.2. The van der Waals surface area contributed by atoms with Crippen LogP contribution in [0.4, 0.5) is 11.4 Å². The summed E-state index contributed by atoms with van der Waals surface area (Å²) in [6, 6.07) is 12.2. The molecule has 0 aromatic heterocycles. The summed E-state index contributed by atoms with van der Waals surface area (Å²) in [6.45, 7) is 6.92. The number of benzene rings is 2. The quantitative estimate of drug-likeness (QED) is 0.310. The number of nitrogens with zero attached hydrogens (tertiary/aromatic N) is 3. The first-order valence-electron chi connectivity index (χ1n) is 13.8. The van der Waals surface area contributed by atoms with Gasteiger partial charge in [-0.15, -0.1) is 0 Å². The summed E-state index contributed by atoms with van der Waals surface area (Å²) in [6.07, 6.45) is 1.07. The van der Waals surface area contributed by atoms with Crippen LogP contribution < -0.4 is 14.8 Å². The van der Waals surface area contributed by atoms with Crippen LogP contribution >= 0.6 is 0 Å². The van der Waals surface area contributed by atoms with E-state index in [1.165, 1.54) is 17.0 Å². The van der Waals surface area contributed by atoms with Crippen molar-refractivity contribution >= 4 is 36.4 Å². The Hall–Kier alpha value is -3.28. The number of likely N-dealkylation sites (N-methyl/N-ethyl adjacent to an activating group) is 1. The van der Waals surface area contributed by atoms with E-state index in [4.69, 9.17) is 9.47 Å². The lowest BCUT2D eigenvalue weighted by molar-refractivity contribution is -0.385. The molecule has 3 heterocycles. The molecule has 5 rings (SSSR count). The normalized spacial score (nSPS) is 27.9. The Morgan fingerprint density at radius 1 is 1.25 bits per heavy atom. The van der Waals surface area contributed by atoms with Crippen LogP contribution in [0.2, 0.25) is 18.6 Å². The number of carbonyl (C=O) groups excluding carboxylic acids is 2. The first-order valence-corrected chi connectivity index (χ1v) is 16.8. The summed E-state index contributed by atoms with van der Waals surface area (Å²) in [5.74, 6) is 0.00245. The number of non-ortho nitro benzene ring substituents is 1. The van der Waals surface area contributed by atoms with E-state index in [0.29, 0.717) is 17.8 Å². The van der Waals surface area contributed by atoms with E-state index in [1.807, 2.05) is 31.2 Å². The molecule has 2 aromatic rings. The monoisotopic (exact) mass is 567 g/mol. The second-order valence-electron chi connectivity index (χ2n) is 11.7. The Labute approximate surface area is 235 Å². The molecule has 40 heavy (non-hydrogen) atoms. The lowest BCUT2D eigenvalue weighted by Crippen LogP contribution is -2.52. The number of nitro groups is 1. The Morgan fingerprint density at radius 2 is 1.95 bits per heavy atom. The van der Waals surface area contributed by atoms with Crippen molar-refractivity contribution in [1.82, 2.24) is 4.90 Å². The van der Waals surface area contributed by atoms with Crippen molar-refractivity contribution in [2.24, 2.45) is 5.92 Å². The number of likely N-dealkylation sites (tertiary alicyclic amines) is 1. The molecule has 1 spiro atoms. The van der Waals surface area contributed by atoms with E-state index in [2.05, 4.69) is 13.1 Å². The number of hydrogen-bond donors (Lipinski definition) is 1. The van der Waals surface area contributed by atoms with E-state index in [1.54, 1.807) is 25.1 Å².